The fourth-order valence-electron chi connectivity index (χ4n) is 1.89. The first-order valence-corrected chi connectivity index (χ1v) is 6.02. The zero-order chi connectivity index (χ0) is 13.8. The quantitative estimate of drug-likeness (QED) is 0.843. The van der Waals surface area contributed by atoms with Crippen molar-refractivity contribution in [1.82, 2.24) is 4.90 Å². The summed E-state index contributed by atoms with van der Waals surface area (Å²) >= 11 is 0. The molecule has 1 N–H and O–H groups in total. The molecule has 1 aromatic carbocycles. The summed E-state index contributed by atoms with van der Waals surface area (Å²) in [6.07, 6.45) is 0.0635. The van der Waals surface area contributed by atoms with Gasteiger partial charge in [-0.25, -0.2) is 0 Å². The first-order chi connectivity index (χ1) is 8.40. The Morgan fingerprint density at radius 2 is 1.89 bits per heavy atom. The van der Waals surface area contributed by atoms with Gasteiger partial charge in [0.15, 0.2) is 0 Å². The molecule has 0 spiro atoms. The monoisotopic (exact) mass is 251 g/mol. The van der Waals surface area contributed by atoms with Crippen LogP contribution in [0, 0.1) is 0 Å². The standard InChI is InChI=1S/C14H21NO3/c1-5-18-12-8-6-11(7-9-12)14(2,15(3)4)10-13(16)17/h6-9H,5,10H2,1-4H3,(H,16,17). The lowest BCUT2D eigenvalue weighted by Crippen LogP contribution is -2.40. The van der Waals surface area contributed by atoms with Gasteiger partial charge in [-0.15, -0.1) is 0 Å². The molecule has 4 nitrogen and oxygen atoms in total. The van der Waals surface area contributed by atoms with E-state index in [4.69, 9.17) is 9.84 Å². The Balaban J connectivity index is 3.02. The Morgan fingerprint density at radius 1 is 1.33 bits per heavy atom. The topological polar surface area (TPSA) is 49.8 Å². The maximum absolute atomic E-state index is 11.0. The second kappa shape index (κ2) is 5.87. The fourth-order valence-corrected chi connectivity index (χ4v) is 1.89. The van der Waals surface area contributed by atoms with Gasteiger partial charge >= 0.3 is 5.97 Å². The minimum Gasteiger partial charge on any atom is -0.494 e. The van der Waals surface area contributed by atoms with E-state index in [1.807, 2.05) is 57.1 Å². The van der Waals surface area contributed by atoms with Crippen LogP contribution in [-0.4, -0.2) is 36.7 Å². The van der Waals surface area contributed by atoms with Gasteiger partial charge in [-0.1, -0.05) is 12.1 Å². The number of benzene rings is 1. The predicted molar refractivity (Wildman–Crippen MR) is 70.9 cm³/mol. The first-order valence-electron chi connectivity index (χ1n) is 6.02. The zero-order valence-corrected chi connectivity index (χ0v) is 11.4. The highest BCUT2D eigenvalue weighted by Crippen LogP contribution is 2.31. The number of hydrogen-bond acceptors (Lipinski definition) is 3. The number of aliphatic carboxylic acids is 1. The number of hydrogen-bond donors (Lipinski definition) is 1. The average Bonchev–Trinajstić information content (AvgIpc) is 2.29. The van der Waals surface area contributed by atoms with Crippen LogP contribution in [0.1, 0.15) is 25.8 Å². The molecule has 0 fully saturated rings. The third kappa shape index (κ3) is 3.23. The normalized spacial score (nSPS) is 14.3. The smallest absolute Gasteiger partial charge is 0.305 e. The van der Waals surface area contributed by atoms with Crippen LogP contribution >= 0.6 is 0 Å². The molecule has 1 rings (SSSR count). The van der Waals surface area contributed by atoms with Crippen molar-refractivity contribution in [2.75, 3.05) is 20.7 Å². The zero-order valence-electron chi connectivity index (χ0n) is 11.4. The molecule has 0 aliphatic carbocycles. The molecule has 1 unspecified atom stereocenters. The third-order valence-electron chi connectivity index (χ3n) is 3.27. The number of carboxylic acid groups (broad SMARTS) is 1. The molecule has 0 radical (unpaired) electrons. The van der Waals surface area contributed by atoms with E-state index in [0.717, 1.165) is 11.3 Å². The first kappa shape index (κ1) is 14.5. The molecule has 0 saturated heterocycles. The van der Waals surface area contributed by atoms with Gasteiger partial charge < -0.3 is 9.84 Å². The Kier molecular flexibility index (Phi) is 4.73. The molecule has 0 aromatic heterocycles. The molecule has 1 atom stereocenters. The molecule has 0 bridgehead atoms. The molecular weight excluding hydrogens is 230 g/mol. The lowest BCUT2D eigenvalue weighted by Gasteiger charge is -2.35. The van der Waals surface area contributed by atoms with Gasteiger partial charge in [0.25, 0.3) is 0 Å². The van der Waals surface area contributed by atoms with Crippen molar-refractivity contribution in [2.45, 2.75) is 25.8 Å². The van der Waals surface area contributed by atoms with Crippen LogP contribution in [0.15, 0.2) is 24.3 Å². The van der Waals surface area contributed by atoms with Crippen LogP contribution in [0.3, 0.4) is 0 Å². The Hall–Kier alpha value is -1.55. The molecule has 18 heavy (non-hydrogen) atoms. The summed E-state index contributed by atoms with van der Waals surface area (Å²) in [4.78, 5) is 12.9. The summed E-state index contributed by atoms with van der Waals surface area (Å²) in [7, 11) is 3.78. The van der Waals surface area contributed by atoms with E-state index in [2.05, 4.69) is 0 Å². The highest BCUT2D eigenvalue weighted by molar-refractivity contribution is 5.68. The van der Waals surface area contributed by atoms with Gasteiger partial charge in [0.05, 0.1) is 18.6 Å². The maximum atomic E-state index is 11.0. The van der Waals surface area contributed by atoms with Crippen molar-refractivity contribution in [3.63, 3.8) is 0 Å². The SMILES string of the molecule is CCOc1ccc(C(C)(CC(=O)O)N(C)C)cc1. The second-order valence-corrected chi connectivity index (χ2v) is 4.70. The van der Waals surface area contributed by atoms with Crippen LogP contribution in [0.25, 0.3) is 0 Å². The van der Waals surface area contributed by atoms with Crippen LogP contribution in [0.2, 0.25) is 0 Å². The number of carboxylic acids is 1. The van der Waals surface area contributed by atoms with Crippen LogP contribution < -0.4 is 4.74 Å². The average molecular weight is 251 g/mol. The summed E-state index contributed by atoms with van der Waals surface area (Å²) in [6, 6.07) is 7.60. The molecule has 0 aliphatic rings. The van der Waals surface area contributed by atoms with E-state index in [1.165, 1.54) is 0 Å². The van der Waals surface area contributed by atoms with E-state index in [-0.39, 0.29) is 6.42 Å². The Bertz CT molecular complexity index is 400. The van der Waals surface area contributed by atoms with Gasteiger partial charge in [0, 0.05) is 0 Å². The largest absolute Gasteiger partial charge is 0.494 e. The lowest BCUT2D eigenvalue weighted by molar-refractivity contribution is -0.140. The van der Waals surface area contributed by atoms with E-state index in [1.54, 1.807) is 0 Å². The van der Waals surface area contributed by atoms with Crippen LogP contribution in [0.4, 0.5) is 0 Å². The van der Waals surface area contributed by atoms with E-state index in [0.29, 0.717) is 6.61 Å². The van der Waals surface area contributed by atoms with Crippen molar-refractivity contribution in [1.29, 1.82) is 0 Å². The number of ether oxygens (including phenoxy) is 1. The highest BCUT2D eigenvalue weighted by Gasteiger charge is 2.31. The van der Waals surface area contributed by atoms with Crippen LogP contribution in [-0.2, 0) is 10.3 Å². The summed E-state index contributed by atoms with van der Waals surface area (Å²) in [5.41, 5.74) is 0.453. The summed E-state index contributed by atoms with van der Waals surface area (Å²) < 4.78 is 5.39. The molecule has 0 aliphatic heterocycles. The third-order valence-corrected chi connectivity index (χ3v) is 3.27. The Labute approximate surface area is 108 Å². The fraction of sp³-hybridized carbons (Fsp3) is 0.500. The van der Waals surface area contributed by atoms with Crippen molar-refractivity contribution >= 4 is 5.97 Å². The summed E-state index contributed by atoms with van der Waals surface area (Å²) in [5.74, 6) is -0.00207. The lowest BCUT2D eigenvalue weighted by atomic mass is 9.87. The molecule has 100 valence electrons. The summed E-state index contributed by atoms with van der Waals surface area (Å²) in [5, 5.41) is 9.05. The Morgan fingerprint density at radius 3 is 2.28 bits per heavy atom. The minimum absolute atomic E-state index is 0.0635. The van der Waals surface area contributed by atoms with Crippen molar-refractivity contribution in [3.8, 4) is 5.75 Å². The minimum atomic E-state index is -0.805. The summed E-state index contributed by atoms with van der Waals surface area (Å²) in [6.45, 7) is 4.48. The molecule has 0 amide bonds. The van der Waals surface area contributed by atoms with Gasteiger partial charge in [-0.05, 0) is 45.6 Å². The second-order valence-electron chi connectivity index (χ2n) is 4.70. The van der Waals surface area contributed by atoms with Crippen molar-refractivity contribution in [2.24, 2.45) is 0 Å². The highest BCUT2D eigenvalue weighted by atomic mass is 16.5. The number of carbonyl (C=O) groups is 1. The maximum Gasteiger partial charge on any atom is 0.305 e. The molecule has 1 aromatic rings. The van der Waals surface area contributed by atoms with Gasteiger partial charge in [0.1, 0.15) is 5.75 Å². The van der Waals surface area contributed by atoms with Crippen LogP contribution in [0.5, 0.6) is 5.75 Å². The van der Waals surface area contributed by atoms with E-state index in [9.17, 15) is 4.79 Å². The van der Waals surface area contributed by atoms with Crippen molar-refractivity contribution in [3.05, 3.63) is 29.8 Å². The molecule has 0 heterocycles. The molecular formula is C14H21NO3. The number of nitrogens with zero attached hydrogens (tertiary/aromatic N) is 1. The van der Waals surface area contributed by atoms with Gasteiger partial charge in [-0.2, -0.15) is 0 Å². The molecule has 0 saturated carbocycles. The van der Waals surface area contributed by atoms with Gasteiger partial charge in [0.2, 0.25) is 0 Å². The van der Waals surface area contributed by atoms with E-state index >= 15 is 0 Å². The predicted octanol–water partition coefficient (Wildman–Crippen LogP) is 2.34. The van der Waals surface area contributed by atoms with Gasteiger partial charge in [-0.3, -0.25) is 9.69 Å². The molecule has 4 heteroatoms. The van der Waals surface area contributed by atoms with E-state index < -0.39 is 11.5 Å². The van der Waals surface area contributed by atoms with Crippen molar-refractivity contribution < 1.29 is 14.6 Å². The number of rotatable bonds is 6.